The van der Waals surface area contributed by atoms with Gasteiger partial charge in [-0.1, -0.05) is 0 Å². The van der Waals surface area contributed by atoms with Crippen LogP contribution >= 0.6 is 0 Å². The van der Waals surface area contributed by atoms with Gasteiger partial charge >= 0.3 is 5.97 Å². The molecule has 0 aliphatic rings. The summed E-state index contributed by atoms with van der Waals surface area (Å²) in [4.78, 5) is 19.1. The third-order valence-electron chi connectivity index (χ3n) is 2.45. The number of benzene rings is 1. The van der Waals surface area contributed by atoms with Gasteiger partial charge in [0.05, 0.1) is 0 Å². The van der Waals surface area contributed by atoms with E-state index in [2.05, 4.69) is 9.97 Å². The SMILES string of the molecule is CC(C)(C)Oc1ccc(-c2nccnc2C(=O)O)cc1. The Morgan fingerprint density at radius 3 is 2.25 bits per heavy atom. The summed E-state index contributed by atoms with van der Waals surface area (Å²) >= 11 is 0. The Labute approximate surface area is 117 Å². The van der Waals surface area contributed by atoms with Crippen molar-refractivity contribution in [1.82, 2.24) is 9.97 Å². The lowest BCUT2D eigenvalue weighted by Crippen LogP contribution is -2.22. The number of carbonyl (C=O) groups is 1. The van der Waals surface area contributed by atoms with Gasteiger partial charge in [-0.3, -0.25) is 4.98 Å². The predicted molar refractivity (Wildman–Crippen MR) is 74.8 cm³/mol. The second-order valence-corrected chi connectivity index (χ2v) is 5.30. The normalized spacial score (nSPS) is 11.2. The van der Waals surface area contributed by atoms with Crippen LogP contribution in [0.25, 0.3) is 11.3 Å². The van der Waals surface area contributed by atoms with E-state index < -0.39 is 5.97 Å². The van der Waals surface area contributed by atoms with Crippen LogP contribution < -0.4 is 4.74 Å². The molecule has 0 bridgehead atoms. The minimum absolute atomic E-state index is 0.0583. The fourth-order valence-electron chi connectivity index (χ4n) is 1.74. The topological polar surface area (TPSA) is 72.3 Å². The molecule has 1 N–H and O–H groups in total. The van der Waals surface area contributed by atoms with Crippen molar-refractivity contribution in [3.8, 4) is 17.0 Å². The van der Waals surface area contributed by atoms with E-state index in [9.17, 15) is 4.79 Å². The molecular formula is C15H16N2O3. The molecule has 20 heavy (non-hydrogen) atoms. The molecule has 0 unspecified atom stereocenters. The Morgan fingerprint density at radius 1 is 1.10 bits per heavy atom. The van der Waals surface area contributed by atoms with E-state index >= 15 is 0 Å². The third kappa shape index (κ3) is 3.32. The molecule has 1 aromatic carbocycles. The molecule has 2 rings (SSSR count). The lowest BCUT2D eigenvalue weighted by molar-refractivity contribution is 0.0691. The summed E-state index contributed by atoms with van der Waals surface area (Å²) in [5.74, 6) is -0.370. The van der Waals surface area contributed by atoms with Crippen LogP contribution in [-0.2, 0) is 0 Å². The number of hydrogen-bond acceptors (Lipinski definition) is 4. The molecule has 5 heteroatoms. The molecule has 0 aliphatic carbocycles. The number of nitrogens with zero attached hydrogens (tertiary/aromatic N) is 2. The van der Waals surface area contributed by atoms with E-state index in [0.717, 1.165) is 5.75 Å². The molecule has 0 saturated heterocycles. The quantitative estimate of drug-likeness (QED) is 0.929. The van der Waals surface area contributed by atoms with E-state index in [1.54, 1.807) is 24.3 Å². The van der Waals surface area contributed by atoms with E-state index in [1.165, 1.54) is 12.4 Å². The third-order valence-corrected chi connectivity index (χ3v) is 2.45. The summed E-state index contributed by atoms with van der Waals surface area (Å²) in [6.07, 6.45) is 2.84. The zero-order valence-electron chi connectivity index (χ0n) is 11.6. The molecule has 0 amide bonds. The Kier molecular flexibility index (Phi) is 3.70. The van der Waals surface area contributed by atoms with Crippen LogP contribution in [0.15, 0.2) is 36.7 Å². The highest BCUT2D eigenvalue weighted by atomic mass is 16.5. The Hall–Kier alpha value is -2.43. The molecule has 0 aliphatic heterocycles. The highest BCUT2D eigenvalue weighted by Gasteiger charge is 2.15. The fraction of sp³-hybridized carbons (Fsp3) is 0.267. The van der Waals surface area contributed by atoms with Crippen molar-refractivity contribution in [3.63, 3.8) is 0 Å². The van der Waals surface area contributed by atoms with Gasteiger partial charge in [0.1, 0.15) is 17.0 Å². The molecule has 1 heterocycles. The Morgan fingerprint density at radius 2 is 1.70 bits per heavy atom. The first-order chi connectivity index (χ1) is 9.37. The maximum Gasteiger partial charge on any atom is 0.356 e. The average Bonchev–Trinajstić information content (AvgIpc) is 2.38. The van der Waals surface area contributed by atoms with Crippen molar-refractivity contribution in [2.45, 2.75) is 26.4 Å². The Bertz CT molecular complexity index is 616. The maximum absolute atomic E-state index is 11.1. The van der Waals surface area contributed by atoms with E-state index in [-0.39, 0.29) is 11.3 Å². The first-order valence-corrected chi connectivity index (χ1v) is 6.20. The Balaban J connectivity index is 2.33. The van der Waals surface area contributed by atoms with Gasteiger partial charge in [-0.2, -0.15) is 0 Å². The van der Waals surface area contributed by atoms with Crippen molar-refractivity contribution in [2.75, 3.05) is 0 Å². The zero-order chi connectivity index (χ0) is 14.8. The second-order valence-electron chi connectivity index (χ2n) is 5.30. The number of aromatic nitrogens is 2. The molecule has 2 aromatic rings. The van der Waals surface area contributed by atoms with Crippen LogP contribution in [-0.4, -0.2) is 26.6 Å². The van der Waals surface area contributed by atoms with Crippen LogP contribution in [0.5, 0.6) is 5.75 Å². The van der Waals surface area contributed by atoms with Gasteiger partial charge in [0.2, 0.25) is 0 Å². The molecule has 0 spiro atoms. The van der Waals surface area contributed by atoms with Gasteiger partial charge in [-0.15, -0.1) is 0 Å². The van der Waals surface area contributed by atoms with Crippen LogP contribution in [0.2, 0.25) is 0 Å². The summed E-state index contributed by atoms with van der Waals surface area (Å²) in [6, 6.07) is 7.14. The molecule has 0 fully saturated rings. The number of hydrogen-bond donors (Lipinski definition) is 1. The van der Waals surface area contributed by atoms with E-state index in [0.29, 0.717) is 11.3 Å². The highest BCUT2D eigenvalue weighted by molar-refractivity contribution is 5.92. The standard InChI is InChI=1S/C15H16N2O3/c1-15(2,3)20-11-6-4-10(5-7-11)12-13(14(18)19)17-9-8-16-12/h4-9H,1-3H3,(H,18,19). The molecule has 0 saturated carbocycles. The number of carboxylic acid groups (broad SMARTS) is 1. The highest BCUT2D eigenvalue weighted by Crippen LogP contribution is 2.24. The first kappa shape index (κ1) is 14.0. The van der Waals surface area contributed by atoms with Gasteiger partial charge < -0.3 is 9.84 Å². The number of carboxylic acids is 1. The van der Waals surface area contributed by atoms with Crippen molar-refractivity contribution < 1.29 is 14.6 Å². The maximum atomic E-state index is 11.1. The van der Waals surface area contributed by atoms with Crippen LogP contribution in [0.4, 0.5) is 0 Å². The summed E-state index contributed by atoms with van der Waals surface area (Å²) in [5, 5.41) is 9.11. The summed E-state index contributed by atoms with van der Waals surface area (Å²) in [5.41, 5.74) is 0.705. The van der Waals surface area contributed by atoms with Gasteiger partial charge in [-0.05, 0) is 45.0 Å². The molecule has 0 radical (unpaired) electrons. The first-order valence-electron chi connectivity index (χ1n) is 6.20. The molecule has 104 valence electrons. The molecule has 0 atom stereocenters. The minimum atomic E-state index is -1.09. The largest absolute Gasteiger partial charge is 0.488 e. The average molecular weight is 272 g/mol. The van der Waals surface area contributed by atoms with Gasteiger partial charge in [0.25, 0.3) is 0 Å². The number of aromatic carboxylic acids is 1. The molecular weight excluding hydrogens is 256 g/mol. The minimum Gasteiger partial charge on any atom is -0.488 e. The van der Waals surface area contributed by atoms with Crippen molar-refractivity contribution in [2.24, 2.45) is 0 Å². The lowest BCUT2D eigenvalue weighted by Gasteiger charge is -2.21. The summed E-state index contributed by atoms with van der Waals surface area (Å²) in [6.45, 7) is 5.89. The summed E-state index contributed by atoms with van der Waals surface area (Å²) in [7, 11) is 0. The van der Waals surface area contributed by atoms with Crippen LogP contribution in [0.3, 0.4) is 0 Å². The number of ether oxygens (including phenoxy) is 1. The number of rotatable bonds is 3. The van der Waals surface area contributed by atoms with E-state index in [4.69, 9.17) is 9.84 Å². The zero-order valence-corrected chi connectivity index (χ0v) is 11.6. The van der Waals surface area contributed by atoms with Crippen LogP contribution in [0.1, 0.15) is 31.3 Å². The van der Waals surface area contributed by atoms with E-state index in [1.807, 2.05) is 20.8 Å². The predicted octanol–water partition coefficient (Wildman–Crippen LogP) is 3.02. The van der Waals surface area contributed by atoms with Crippen LogP contribution in [0, 0.1) is 0 Å². The van der Waals surface area contributed by atoms with Gasteiger partial charge in [0, 0.05) is 18.0 Å². The summed E-state index contributed by atoms with van der Waals surface area (Å²) < 4.78 is 5.72. The molecule has 1 aromatic heterocycles. The van der Waals surface area contributed by atoms with Crippen molar-refractivity contribution >= 4 is 5.97 Å². The molecule has 5 nitrogen and oxygen atoms in total. The van der Waals surface area contributed by atoms with Gasteiger partial charge in [-0.25, -0.2) is 9.78 Å². The monoisotopic (exact) mass is 272 g/mol. The second kappa shape index (κ2) is 5.28. The van der Waals surface area contributed by atoms with Crippen molar-refractivity contribution in [1.29, 1.82) is 0 Å². The van der Waals surface area contributed by atoms with Gasteiger partial charge in [0.15, 0.2) is 5.69 Å². The van der Waals surface area contributed by atoms with Crippen molar-refractivity contribution in [3.05, 3.63) is 42.4 Å². The smallest absolute Gasteiger partial charge is 0.356 e. The lowest BCUT2D eigenvalue weighted by atomic mass is 10.1. The fourth-order valence-corrected chi connectivity index (χ4v) is 1.74.